The van der Waals surface area contributed by atoms with Crippen molar-refractivity contribution in [2.24, 2.45) is 0 Å². The summed E-state index contributed by atoms with van der Waals surface area (Å²) in [5, 5.41) is 3.41. The number of pyridine rings is 1. The molecule has 3 heteroatoms. The quantitative estimate of drug-likeness (QED) is 0.872. The molecule has 0 aliphatic carbocycles. The van der Waals surface area contributed by atoms with E-state index in [9.17, 15) is 0 Å². The first-order valence-electron chi connectivity index (χ1n) is 6.63. The lowest BCUT2D eigenvalue weighted by Gasteiger charge is -2.18. The summed E-state index contributed by atoms with van der Waals surface area (Å²) in [5.41, 5.74) is 2.15. The molecule has 1 saturated heterocycles. The number of nitrogens with one attached hydrogen (secondary N) is 1. The van der Waals surface area contributed by atoms with Gasteiger partial charge in [0.25, 0.3) is 0 Å². The molecule has 0 radical (unpaired) electrons. The zero-order valence-corrected chi connectivity index (χ0v) is 10.8. The molecule has 94 valence electrons. The zero-order chi connectivity index (χ0) is 12.1. The van der Waals surface area contributed by atoms with E-state index in [0.717, 1.165) is 49.5 Å². The van der Waals surface area contributed by atoms with Crippen LogP contribution in [-0.4, -0.2) is 24.2 Å². The predicted octanol–water partition coefficient (Wildman–Crippen LogP) is 2.47. The van der Waals surface area contributed by atoms with Gasteiger partial charge >= 0.3 is 0 Å². The Balaban J connectivity index is 2.06. The smallest absolute Gasteiger partial charge is 0.141 e. The van der Waals surface area contributed by atoms with E-state index in [4.69, 9.17) is 4.74 Å². The van der Waals surface area contributed by atoms with Gasteiger partial charge in [-0.3, -0.25) is 4.98 Å². The van der Waals surface area contributed by atoms with Gasteiger partial charge in [0.2, 0.25) is 0 Å². The molecule has 1 N–H and O–H groups in total. The Kier molecular flexibility index (Phi) is 4.37. The SMILES string of the molecule is CCc1nc(C)ccc1OC1CCCNCC1. The Morgan fingerprint density at radius 2 is 2.24 bits per heavy atom. The summed E-state index contributed by atoms with van der Waals surface area (Å²) in [7, 11) is 0. The number of ether oxygens (including phenoxy) is 1. The summed E-state index contributed by atoms with van der Waals surface area (Å²) in [4.78, 5) is 4.54. The van der Waals surface area contributed by atoms with Crippen molar-refractivity contribution < 1.29 is 4.74 Å². The maximum absolute atomic E-state index is 6.11. The zero-order valence-electron chi connectivity index (χ0n) is 10.8. The number of rotatable bonds is 3. The second kappa shape index (κ2) is 6.01. The molecule has 0 amide bonds. The van der Waals surface area contributed by atoms with Gasteiger partial charge in [-0.1, -0.05) is 6.92 Å². The van der Waals surface area contributed by atoms with E-state index in [2.05, 4.69) is 23.3 Å². The van der Waals surface area contributed by atoms with Gasteiger partial charge in [0.1, 0.15) is 11.9 Å². The predicted molar refractivity (Wildman–Crippen MR) is 69.5 cm³/mol. The number of nitrogens with zero attached hydrogens (tertiary/aromatic N) is 1. The minimum atomic E-state index is 0.347. The molecule has 1 aromatic heterocycles. The lowest BCUT2D eigenvalue weighted by molar-refractivity contribution is 0.185. The molecule has 1 aliphatic heterocycles. The van der Waals surface area contributed by atoms with E-state index < -0.39 is 0 Å². The van der Waals surface area contributed by atoms with Gasteiger partial charge in [-0.15, -0.1) is 0 Å². The molecular formula is C14H22N2O. The van der Waals surface area contributed by atoms with E-state index in [1.807, 2.05) is 13.0 Å². The third-order valence-electron chi connectivity index (χ3n) is 3.22. The fourth-order valence-corrected chi connectivity index (χ4v) is 2.24. The molecule has 2 rings (SSSR count). The first-order valence-corrected chi connectivity index (χ1v) is 6.63. The number of hydrogen-bond donors (Lipinski definition) is 1. The van der Waals surface area contributed by atoms with Crippen LogP contribution in [0.5, 0.6) is 5.75 Å². The highest BCUT2D eigenvalue weighted by Crippen LogP contribution is 2.21. The average molecular weight is 234 g/mol. The maximum atomic E-state index is 6.11. The van der Waals surface area contributed by atoms with E-state index in [1.54, 1.807) is 0 Å². The second-order valence-electron chi connectivity index (χ2n) is 4.67. The van der Waals surface area contributed by atoms with E-state index >= 15 is 0 Å². The van der Waals surface area contributed by atoms with Gasteiger partial charge in [0.15, 0.2) is 0 Å². The fraction of sp³-hybridized carbons (Fsp3) is 0.643. The van der Waals surface area contributed by atoms with Crippen molar-refractivity contribution in [2.75, 3.05) is 13.1 Å². The van der Waals surface area contributed by atoms with Gasteiger partial charge in [0.05, 0.1) is 5.69 Å². The van der Waals surface area contributed by atoms with E-state index in [0.29, 0.717) is 6.10 Å². The second-order valence-corrected chi connectivity index (χ2v) is 4.67. The molecule has 1 unspecified atom stereocenters. The lowest BCUT2D eigenvalue weighted by atomic mass is 10.1. The molecule has 0 spiro atoms. The minimum Gasteiger partial charge on any atom is -0.488 e. The van der Waals surface area contributed by atoms with Gasteiger partial charge in [-0.2, -0.15) is 0 Å². The maximum Gasteiger partial charge on any atom is 0.141 e. The Hall–Kier alpha value is -1.09. The Labute approximate surface area is 104 Å². The Bertz CT molecular complexity index is 357. The molecule has 17 heavy (non-hydrogen) atoms. The van der Waals surface area contributed by atoms with Crippen LogP contribution in [0, 0.1) is 6.92 Å². The third-order valence-corrected chi connectivity index (χ3v) is 3.22. The monoisotopic (exact) mass is 234 g/mol. The van der Waals surface area contributed by atoms with Crippen molar-refractivity contribution >= 4 is 0 Å². The Morgan fingerprint density at radius 3 is 3.06 bits per heavy atom. The van der Waals surface area contributed by atoms with Gasteiger partial charge in [-0.05, 0) is 57.8 Å². The summed E-state index contributed by atoms with van der Waals surface area (Å²) in [6.45, 7) is 6.33. The van der Waals surface area contributed by atoms with Crippen molar-refractivity contribution in [1.82, 2.24) is 10.3 Å². The van der Waals surface area contributed by atoms with Crippen LogP contribution in [0.3, 0.4) is 0 Å². The molecule has 1 aliphatic rings. The minimum absolute atomic E-state index is 0.347. The topological polar surface area (TPSA) is 34.1 Å². The van der Waals surface area contributed by atoms with Crippen LogP contribution in [0.2, 0.25) is 0 Å². The average Bonchev–Trinajstić information content (AvgIpc) is 2.60. The van der Waals surface area contributed by atoms with Crippen LogP contribution < -0.4 is 10.1 Å². The Morgan fingerprint density at radius 1 is 1.35 bits per heavy atom. The number of aryl methyl sites for hydroxylation is 2. The standard InChI is InChI=1S/C14H22N2O/c1-3-13-14(7-6-11(2)16-13)17-12-5-4-9-15-10-8-12/h6-7,12,15H,3-5,8-10H2,1-2H3. The third kappa shape index (κ3) is 3.43. The van der Waals surface area contributed by atoms with Crippen molar-refractivity contribution in [3.8, 4) is 5.75 Å². The van der Waals surface area contributed by atoms with Crippen LogP contribution in [0.4, 0.5) is 0 Å². The lowest BCUT2D eigenvalue weighted by Crippen LogP contribution is -2.20. The van der Waals surface area contributed by atoms with Crippen molar-refractivity contribution in [2.45, 2.75) is 45.6 Å². The van der Waals surface area contributed by atoms with Crippen LogP contribution in [-0.2, 0) is 6.42 Å². The van der Waals surface area contributed by atoms with Crippen LogP contribution in [0.1, 0.15) is 37.6 Å². The molecule has 0 saturated carbocycles. The molecule has 1 aromatic rings. The summed E-state index contributed by atoms with van der Waals surface area (Å²) < 4.78 is 6.11. The summed E-state index contributed by atoms with van der Waals surface area (Å²) in [5.74, 6) is 0.977. The van der Waals surface area contributed by atoms with Crippen LogP contribution >= 0.6 is 0 Å². The van der Waals surface area contributed by atoms with Crippen molar-refractivity contribution in [3.05, 3.63) is 23.5 Å². The van der Waals surface area contributed by atoms with Crippen molar-refractivity contribution in [3.63, 3.8) is 0 Å². The molecule has 0 aromatic carbocycles. The number of hydrogen-bond acceptors (Lipinski definition) is 3. The first kappa shape index (κ1) is 12.4. The van der Waals surface area contributed by atoms with Gasteiger partial charge < -0.3 is 10.1 Å². The normalized spacial score (nSPS) is 20.9. The molecular weight excluding hydrogens is 212 g/mol. The summed E-state index contributed by atoms with van der Waals surface area (Å²) >= 11 is 0. The molecule has 0 bridgehead atoms. The fourth-order valence-electron chi connectivity index (χ4n) is 2.24. The van der Waals surface area contributed by atoms with Crippen LogP contribution in [0.25, 0.3) is 0 Å². The highest BCUT2D eigenvalue weighted by molar-refractivity contribution is 5.29. The number of aromatic nitrogens is 1. The first-order chi connectivity index (χ1) is 8.29. The highest BCUT2D eigenvalue weighted by atomic mass is 16.5. The molecule has 2 heterocycles. The summed E-state index contributed by atoms with van der Waals surface area (Å²) in [6.07, 6.45) is 4.72. The van der Waals surface area contributed by atoms with E-state index in [-0.39, 0.29) is 0 Å². The largest absolute Gasteiger partial charge is 0.488 e. The van der Waals surface area contributed by atoms with Gasteiger partial charge in [-0.25, -0.2) is 0 Å². The van der Waals surface area contributed by atoms with E-state index in [1.165, 1.54) is 6.42 Å². The van der Waals surface area contributed by atoms with Crippen molar-refractivity contribution in [1.29, 1.82) is 0 Å². The van der Waals surface area contributed by atoms with Crippen LogP contribution in [0.15, 0.2) is 12.1 Å². The molecule has 1 atom stereocenters. The molecule has 1 fully saturated rings. The molecule has 3 nitrogen and oxygen atoms in total. The summed E-state index contributed by atoms with van der Waals surface area (Å²) in [6, 6.07) is 4.10. The van der Waals surface area contributed by atoms with Gasteiger partial charge in [0, 0.05) is 5.69 Å². The highest BCUT2D eigenvalue weighted by Gasteiger charge is 2.15.